The van der Waals surface area contributed by atoms with Gasteiger partial charge < -0.3 is 61.6 Å². The SMILES string of the molecule is O=[N+]([O-])c1ccc(OCCOCCOCCOCCOCCOCCOCCOCCOCCOCCOCCOCCOCCBr)cc1. The van der Waals surface area contributed by atoms with Crippen LogP contribution in [-0.2, 0) is 56.8 Å². The van der Waals surface area contributed by atoms with Crippen molar-refractivity contribution in [1.82, 2.24) is 0 Å². The Bertz CT molecular complexity index is 828. The highest BCUT2D eigenvalue weighted by molar-refractivity contribution is 9.09. The molecule has 0 aliphatic carbocycles. The molecule has 0 bridgehead atoms. The first kappa shape index (κ1) is 45.4. The number of alkyl halides is 1. The first-order valence-corrected chi connectivity index (χ1v) is 17.7. The van der Waals surface area contributed by atoms with Gasteiger partial charge >= 0.3 is 0 Å². The van der Waals surface area contributed by atoms with Crippen LogP contribution in [0.2, 0.25) is 0 Å². The molecule has 0 atom stereocenters. The maximum atomic E-state index is 10.6. The molecule has 1 aromatic carbocycles. The fourth-order valence-corrected chi connectivity index (χ4v) is 3.69. The van der Waals surface area contributed by atoms with Gasteiger partial charge in [-0.05, 0) is 12.1 Å². The summed E-state index contributed by atoms with van der Waals surface area (Å²) in [6.45, 7) is 12.4. The molecule has 17 heteroatoms. The van der Waals surface area contributed by atoms with E-state index in [2.05, 4.69) is 15.9 Å². The Kier molecular flexibility index (Phi) is 34.9. The predicted octanol–water partition coefficient (Wildman–Crippen LogP) is 2.57. The largest absolute Gasteiger partial charge is 0.491 e. The molecule has 1 rings (SSSR count). The van der Waals surface area contributed by atoms with Crippen molar-refractivity contribution in [1.29, 1.82) is 0 Å². The Morgan fingerprint density at radius 2 is 0.612 bits per heavy atom. The zero-order valence-corrected chi connectivity index (χ0v) is 30.2. The maximum absolute atomic E-state index is 10.6. The van der Waals surface area contributed by atoms with E-state index >= 15 is 0 Å². The minimum atomic E-state index is -0.452. The summed E-state index contributed by atoms with van der Waals surface area (Å²) in [6.07, 6.45) is 0. The van der Waals surface area contributed by atoms with E-state index in [4.69, 9.17) is 61.6 Å². The summed E-state index contributed by atoms with van der Waals surface area (Å²) in [5.74, 6) is 0.555. The van der Waals surface area contributed by atoms with Crippen LogP contribution in [0.15, 0.2) is 24.3 Å². The van der Waals surface area contributed by atoms with Crippen LogP contribution in [0.25, 0.3) is 0 Å². The van der Waals surface area contributed by atoms with Crippen LogP contribution < -0.4 is 4.74 Å². The van der Waals surface area contributed by atoms with Gasteiger partial charge in [0.15, 0.2) is 0 Å². The second kappa shape index (κ2) is 37.7. The molecule has 0 aliphatic heterocycles. The van der Waals surface area contributed by atoms with E-state index in [-0.39, 0.29) is 5.69 Å². The number of nitro groups is 1. The zero-order valence-electron chi connectivity index (χ0n) is 28.6. The molecule has 0 saturated heterocycles. The predicted molar refractivity (Wildman–Crippen MR) is 182 cm³/mol. The van der Waals surface area contributed by atoms with Gasteiger partial charge in [-0.15, -0.1) is 0 Å². The fourth-order valence-electron chi connectivity index (χ4n) is 3.46. The van der Waals surface area contributed by atoms with Gasteiger partial charge in [0.2, 0.25) is 0 Å². The third-order valence-corrected chi connectivity index (χ3v) is 6.18. The monoisotopic (exact) mass is 773 g/mol. The highest BCUT2D eigenvalue weighted by Crippen LogP contribution is 2.17. The first-order valence-electron chi connectivity index (χ1n) is 16.6. The standard InChI is InChI=1S/C32H56BrNO15/c33-5-6-37-7-8-38-9-10-39-11-12-40-13-14-41-15-16-42-17-18-43-19-20-44-21-22-45-23-24-46-25-26-47-27-28-48-29-30-49-32-3-1-31(2-4-32)34(35)36/h1-4H,5-30H2. The molecule has 1 aromatic rings. The van der Waals surface area contributed by atoms with Gasteiger partial charge in [0.05, 0.1) is 163 Å². The molecule has 286 valence electrons. The molecule has 0 unspecified atom stereocenters. The van der Waals surface area contributed by atoms with Crippen molar-refractivity contribution in [2.45, 2.75) is 0 Å². The average Bonchev–Trinajstić information content (AvgIpc) is 3.11. The maximum Gasteiger partial charge on any atom is 0.269 e. The van der Waals surface area contributed by atoms with Crippen molar-refractivity contribution in [3.63, 3.8) is 0 Å². The van der Waals surface area contributed by atoms with Crippen LogP contribution in [0.4, 0.5) is 5.69 Å². The second-order valence-electron chi connectivity index (χ2n) is 9.64. The molecule has 49 heavy (non-hydrogen) atoms. The number of nitro benzene ring substituents is 1. The zero-order chi connectivity index (χ0) is 35.1. The van der Waals surface area contributed by atoms with Gasteiger partial charge in [-0.1, -0.05) is 15.9 Å². The summed E-state index contributed by atoms with van der Waals surface area (Å²) in [4.78, 5) is 10.2. The number of non-ortho nitro benzene ring substituents is 1. The van der Waals surface area contributed by atoms with Crippen LogP contribution in [0.3, 0.4) is 0 Å². The molecular weight excluding hydrogens is 718 g/mol. The van der Waals surface area contributed by atoms with Crippen molar-refractivity contribution in [2.75, 3.05) is 171 Å². The van der Waals surface area contributed by atoms with Gasteiger partial charge in [0.25, 0.3) is 5.69 Å². The minimum absolute atomic E-state index is 0.0247. The molecule has 0 heterocycles. The van der Waals surface area contributed by atoms with Crippen molar-refractivity contribution >= 4 is 21.6 Å². The molecule has 0 aliphatic rings. The number of ether oxygens (including phenoxy) is 13. The van der Waals surface area contributed by atoms with E-state index in [1.165, 1.54) is 12.1 Å². The molecule has 0 spiro atoms. The Hall–Kier alpha value is -1.58. The molecule has 0 aromatic heterocycles. The van der Waals surface area contributed by atoms with Crippen LogP contribution in [0.5, 0.6) is 5.75 Å². The Balaban J connectivity index is 1.64. The molecule has 0 amide bonds. The fraction of sp³-hybridized carbons (Fsp3) is 0.812. The Morgan fingerprint density at radius 1 is 0.388 bits per heavy atom. The number of hydrogen-bond acceptors (Lipinski definition) is 15. The van der Waals surface area contributed by atoms with Gasteiger partial charge in [0, 0.05) is 17.5 Å². The highest BCUT2D eigenvalue weighted by atomic mass is 79.9. The number of hydrogen-bond donors (Lipinski definition) is 0. The summed E-state index contributed by atoms with van der Waals surface area (Å²) in [6, 6.07) is 5.91. The second-order valence-corrected chi connectivity index (χ2v) is 10.4. The molecule has 0 saturated carbocycles. The summed E-state index contributed by atoms with van der Waals surface area (Å²) in [5, 5.41) is 11.5. The van der Waals surface area contributed by atoms with Crippen molar-refractivity contribution in [3.05, 3.63) is 34.4 Å². The smallest absolute Gasteiger partial charge is 0.269 e. The first-order chi connectivity index (χ1) is 24.2. The van der Waals surface area contributed by atoms with Gasteiger partial charge in [-0.3, -0.25) is 10.1 Å². The summed E-state index contributed by atoms with van der Waals surface area (Å²) < 4.78 is 70.7. The van der Waals surface area contributed by atoms with E-state index in [0.717, 1.165) is 5.33 Å². The number of rotatable bonds is 40. The van der Waals surface area contributed by atoms with Crippen LogP contribution in [0.1, 0.15) is 0 Å². The van der Waals surface area contributed by atoms with Gasteiger partial charge in [-0.2, -0.15) is 0 Å². The molecule has 16 nitrogen and oxygen atoms in total. The van der Waals surface area contributed by atoms with Crippen LogP contribution in [0, 0.1) is 10.1 Å². The van der Waals surface area contributed by atoms with Crippen molar-refractivity contribution in [3.8, 4) is 5.75 Å². The Labute approximate surface area is 298 Å². The normalized spacial score (nSPS) is 11.4. The topological polar surface area (TPSA) is 163 Å². The lowest BCUT2D eigenvalue weighted by atomic mass is 10.3. The summed E-state index contributed by atoms with van der Waals surface area (Å²) in [5.41, 5.74) is 0.0247. The van der Waals surface area contributed by atoms with Gasteiger partial charge in [0.1, 0.15) is 12.4 Å². The van der Waals surface area contributed by atoms with E-state index in [1.54, 1.807) is 12.1 Å². The van der Waals surface area contributed by atoms with E-state index in [9.17, 15) is 10.1 Å². The van der Waals surface area contributed by atoms with E-state index in [1.807, 2.05) is 0 Å². The average molecular weight is 775 g/mol. The summed E-state index contributed by atoms with van der Waals surface area (Å²) in [7, 11) is 0. The lowest BCUT2D eigenvalue weighted by Crippen LogP contribution is -2.15. The van der Waals surface area contributed by atoms with Gasteiger partial charge in [-0.25, -0.2) is 0 Å². The molecule has 0 fully saturated rings. The third-order valence-electron chi connectivity index (χ3n) is 5.86. The lowest BCUT2D eigenvalue weighted by Gasteiger charge is -2.09. The third kappa shape index (κ3) is 33.3. The lowest BCUT2D eigenvalue weighted by molar-refractivity contribution is -0.384. The minimum Gasteiger partial charge on any atom is -0.491 e. The number of halogens is 1. The number of nitrogens with zero attached hydrogens (tertiary/aromatic N) is 1. The highest BCUT2D eigenvalue weighted by Gasteiger charge is 2.04. The van der Waals surface area contributed by atoms with E-state index < -0.39 is 4.92 Å². The number of benzene rings is 1. The van der Waals surface area contributed by atoms with Crippen LogP contribution >= 0.6 is 15.9 Å². The molecular formula is C32H56BrNO15. The molecule has 0 N–H and O–H groups in total. The van der Waals surface area contributed by atoms with Crippen molar-refractivity contribution < 1.29 is 66.5 Å². The quantitative estimate of drug-likeness (QED) is 0.0414. The Morgan fingerprint density at radius 3 is 0.837 bits per heavy atom. The van der Waals surface area contributed by atoms with Crippen molar-refractivity contribution in [2.24, 2.45) is 0 Å². The molecule has 0 radical (unpaired) electrons. The van der Waals surface area contributed by atoms with Crippen LogP contribution in [-0.4, -0.2) is 175 Å². The summed E-state index contributed by atoms with van der Waals surface area (Å²) >= 11 is 3.30. The van der Waals surface area contributed by atoms with E-state index in [0.29, 0.717) is 171 Å².